The highest BCUT2D eigenvalue weighted by atomic mass is 16.5. The summed E-state index contributed by atoms with van der Waals surface area (Å²) < 4.78 is 7.93. The molecule has 0 saturated carbocycles. The SMILES string of the molecule is CC(=O)c1ccn2c(C(=O)O)cnc2c1.CCOC(=O)c1cnc2cc(C(C)=O)ccn12. The van der Waals surface area contributed by atoms with Crippen LogP contribution in [-0.2, 0) is 4.74 Å². The molecule has 0 saturated heterocycles. The van der Waals surface area contributed by atoms with E-state index in [1.54, 1.807) is 41.8 Å². The van der Waals surface area contributed by atoms with Crippen LogP contribution in [0.1, 0.15) is 62.5 Å². The molecule has 164 valence electrons. The number of carbonyl (C=O) groups excluding carboxylic acids is 3. The molecule has 10 heteroatoms. The number of hydrogen-bond donors (Lipinski definition) is 1. The second kappa shape index (κ2) is 9.21. The minimum absolute atomic E-state index is 0.0341. The van der Waals surface area contributed by atoms with Crippen molar-refractivity contribution in [1.29, 1.82) is 0 Å². The molecule has 4 aromatic heterocycles. The van der Waals surface area contributed by atoms with E-state index in [9.17, 15) is 19.2 Å². The molecular formula is C22H20N4O6. The standard InChI is InChI=1S/C12H12N2O3.C10H8N2O3/c1-3-17-12(16)10-7-13-11-6-9(8(2)15)4-5-14(10)11;1-6(13)7-2-3-12-8(10(14)15)5-11-9(12)4-7/h4-7H,3H2,1-2H3;2-5H,1H3,(H,14,15). The van der Waals surface area contributed by atoms with E-state index >= 15 is 0 Å². The number of imidazole rings is 2. The lowest BCUT2D eigenvalue weighted by atomic mass is 10.2. The number of aromatic carboxylic acids is 1. The van der Waals surface area contributed by atoms with Gasteiger partial charge in [0.2, 0.25) is 0 Å². The largest absolute Gasteiger partial charge is 0.477 e. The molecule has 1 N–H and O–H groups in total. The molecule has 0 fully saturated rings. The number of carbonyl (C=O) groups is 4. The van der Waals surface area contributed by atoms with Crippen LogP contribution in [0, 0.1) is 0 Å². The lowest BCUT2D eigenvalue weighted by molar-refractivity contribution is 0.0517. The molecule has 4 heterocycles. The van der Waals surface area contributed by atoms with E-state index in [0.717, 1.165) is 0 Å². The maximum atomic E-state index is 11.6. The van der Waals surface area contributed by atoms with Gasteiger partial charge in [0.25, 0.3) is 0 Å². The number of ketones is 2. The summed E-state index contributed by atoms with van der Waals surface area (Å²) in [6.07, 6.45) is 5.88. The van der Waals surface area contributed by atoms with Crippen LogP contribution in [-0.4, -0.2) is 54.0 Å². The van der Waals surface area contributed by atoms with Gasteiger partial charge in [-0.1, -0.05) is 0 Å². The zero-order valence-corrected chi connectivity index (χ0v) is 17.6. The van der Waals surface area contributed by atoms with E-state index in [-0.39, 0.29) is 17.3 Å². The second-order valence-corrected chi connectivity index (χ2v) is 6.71. The summed E-state index contributed by atoms with van der Waals surface area (Å²) in [5.74, 6) is -1.57. The summed E-state index contributed by atoms with van der Waals surface area (Å²) >= 11 is 0. The summed E-state index contributed by atoms with van der Waals surface area (Å²) in [4.78, 5) is 52.6. The zero-order valence-electron chi connectivity index (χ0n) is 17.6. The van der Waals surface area contributed by atoms with Crippen molar-refractivity contribution in [3.8, 4) is 0 Å². The number of ether oxygens (including phenoxy) is 1. The first-order valence-electron chi connectivity index (χ1n) is 9.59. The average molecular weight is 436 g/mol. The number of hydrogen-bond acceptors (Lipinski definition) is 7. The fourth-order valence-electron chi connectivity index (χ4n) is 2.91. The Morgan fingerprint density at radius 3 is 1.78 bits per heavy atom. The second-order valence-electron chi connectivity index (χ2n) is 6.71. The van der Waals surface area contributed by atoms with E-state index in [1.807, 2.05) is 0 Å². The van der Waals surface area contributed by atoms with Crippen molar-refractivity contribution in [2.75, 3.05) is 6.61 Å². The molecule has 0 bridgehead atoms. The van der Waals surface area contributed by atoms with Crippen molar-refractivity contribution in [3.63, 3.8) is 0 Å². The third kappa shape index (κ3) is 4.53. The zero-order chi connectivity index (χ0) is 23.4. The van der Waals surface area contributed by atoms with Gasteiger partial charge in [-0.25, -0.2) is 19.6 Å². The van der Waals surface area contributed by atoms with Gasteiger partial charge in [-0.15, -0.1) is 0 Å². The fourth-order valence-corrected chi connectivity index (χ4v) is 2.91. The summed E-state index contributed by atoms with van der Waals surface area (Å²) in [6.45, 7) is 5.00. The van der Waals surface area contributed by atoms with Crippen LogP contribution >= 0.6 is 0 Å². The van der Waals surface area contributed by atoms with Crippen LogP contribution in [0.15, 0.2) is 49.1 Å². The Bertz CT molecular complexity index is 1350. The number of rotatable bonds is 5. The Hall–Kier alpha value is -4.34. The van der Waals surface area contributed by atoms with Crippen LogP contribution in [0.25, 0.3) is 11.3 Å². The average Bonchev–Trinajstić information content (AvgIpc) is 3.37. The van der Waals surface area contributed by atoms with Crippen molar-refractivity contribution in [2.45, 2.75) is 20.8 Å². The van der Waals surface area contributed by atoms with Gasteiger partial charge in [0.1, 0.15) is 11.3 Å². The Kier molecular flexibility index (Phi) is 6.43. The number of fused-ring (bicyclic) bond motifs is 2. The molecule has 10 nitrogen and oxygen atoms in total. The third-order valence-electron chi connectivity index (χ3n) is 4.54. The molecule has 32 heavy (non-hydrogen) atoms. The van der Waals surface area contributed by atoms with E-state index in [0.29, 0.717) is 34.7 Å². The Balaban J connectivity index is 0.000000182. The minimum Gasteiger partial charge on any atom is -0.477 e. The van der Waals surface area contributed by atoms with Gasteiger partial charge >= 0.3 is 11.9 Å². The van der Waals surface area contributed by atoms with Crippen LogP contribution in [0.4, 0.5) is 0 Å². The highest BCUT2D eigenvalue weighted by Crippen LogP contribution is 2.12. The van der Waals surface area contributed by atoms with Crippen LogP contribution < -0.4 is 0 Å². The van der Waals surface area contributed by atoms with Crippen molar-refractivity contribution in [2.24, 2.45) is 0 Å². The van der Waals surface area contributed by atoms with Gasteiger partial charge in [0.05, 0.1) is 19.0 Å². The molecular weight excluding hydrogens is 416 g/mol. The van der Waals surface area contributed by atoms with E-state index in [1.165, 1.54) is 36.8 Å². The third-order valence-corrected chi connectivity index (χ3v) is 4.54. The molecule has 4 rings (SSSR count). The number of pyridine rings is 2. The molecule has 0 spiro atoms. The number of Topliss-reactive ketones (excluding diaryl/α,β-unsaturated/α-hetero) is 2. The van der Waals surface area contributed by atoms with Crippen LogP contribution in [0.2, 0.25) is 0 Å². The monoisotopic (exact) mass is 436 g/mol. The first kappa shape index (κ1) is 22.3. The first-order chi connectivity index (χ1) is 15.2. The van der Waals surface area contributed by atoms with Gasteiger partial charge in [-0.05, 0) is 45.0 Å². The predicted octanol–water partition coefficient (Wildman–Crippen LogP) is 2.95. The van der Waals surface area contributed by atoms with Gasteiger partial charge in [-0.3, -0.25) is 18.4 Å². The molecule has 0 unspecified atom stereocenters. The van der Waals surface area contributed by atoms with Crippen molar-refractivity contribution >= 4 is 34.8 Å². The Morgan fingerprint density at radius 2 is 1.34 bits per heavy atom. The molecule has 0 aliphatic carbocycles. The maximum Gasteiger partial charge on any atom is 0.356 e. The van der Waals surface area contributed by atoms with Gasteiger partial charge in [0, 0.05) is 23.5 Å². The predicted molar refractivity (Wildman–Crippen MR) is 113 cm³/mol. The quantitative estimate of drug-likeness (QED) is 0.373. The number of carboxylic acids is 1. The van der Waals surface area contributed by atoms with Gasteiger partial charge < -0.3 is 9.84 Å². The van der Waals surface area contributed by atoms with Crippen LogP contribution in [0.5, 0.6) is 0 Å². The van der Waals surface area contributed by atoms with Crippen molar-refractivity contribution in [3.05, 3.63) is 71.6 Å². The highest BCUT2D eigenvalue weighted by molar-refractivity contribution is 5.96. The molecule has 0 atom stereocenters. The lowest BCUT2D eigenvalue weighted by Gasteiger charge is -2.02. The number of esters is 1. The molecule has 0 aromatic carbocycles. The van der Waals surface area contributed by atoms with E-state index < -0.39 is 11.9 Å². The number of aromatic nitrogens is 4. The smallest absolute Gasteiger partial charge is 0.356 e. The topological polar surface area (TPSA) is 132 Å². The summed E-state index contributed by atoms with van der Waals surface area (Å²) in [5.41, 5.74) is 2.54. The van der Waals surface area contributed by atoms with E-state index in [2.05, 4.69) is 9.97 Å². The molecule has 0 aliphatic heterocycles. The molecule has 4 aromatic rings. The first-order valence-corrected chi connectivity index (χ1v) is 9.59. The lowest BCUT2D eigenvalue weighted by Crippen LogP contribution is -2.08. The summed E-state index contributed by atoms with van der Waals surface area (Å²) in [6, 6.07) is 6.43. The maximum absolute atomic E-state index is 11.6. The normalized spacial score (nSPS) is 10.5. The van der Waals surface area contributed by atoms with Gasteiger partial charge in [-0.2, -0.15) is 0 Å². The van der Waals surface area contributed by atoms with Crippen molar-refractivity contribution < 1.29 is 29.0 Å². The Morgan fingerprint density at radius 1 is 0.875 bits per heavy atom. The van der Waals surface area contributed by atoms with Crippen LogP contribution in [0.3, 0.4) is 0 Å². The fraction of sp³-hybridized carbons (Fsp3) is 0.182. The highest BCUT2D eigenvalue weighted by Gasteiger charge is 2.14. The van der Waals surface area contributed by atoms with Crippen molar-refractivity contribution in [1.82, 2.24) is 18.8 Å². The number of carboxylic acid groups (broad SMARTS) is 1. The molecule has 0 aliphatic rings. The number of nitrogens with zero attached hydrogens (tertiary/aromatic N) is 4. The summed E-state index contributed by atoms with van der Waals surface area (Å²) in [7, 11) is 0. The summed E-state index contributed by atoms with van der Waals surface area (Å²) in [5, 5.41) is 8.82. The minimum atomic E-state index is -1.04. The Labute approximate surface area is 182 Å². The molecule has 0 radical (unpaired) electrons. The molecule has 0 amide bonds. The van der Waals surface area contributed by atoms with Gasteiger partial charge in [0.15, 0.2) is 23.0 Å². The van der Waals surface area contributed by atoms with E-state index in [4.69, 9.17) is 9.84 Å².